The fraction of sp³-hybridized carbons (Fsp3) is 1.00. The molecule has 1 unspecified atom stereocenters. The van der Waals surface area contributed by atoms with Crippen molar-refractivity contribution in [2.45, 2.75) is 39.2 Å². The Kier molecular flexibility index (Phi) is 7.14. The molecule has 0 aromatic heterocycles. The van der Waals surface area contributed by atoms with Crippen LogP contribution in [0.2, 0.25) is 0 Å². The van der Waals surface area contributed by atoms with Crippen LogP contribution in [-0.4, -0.2) is 57.4 Å². The SMILES string of the molecule is CCNCCCCS(=O)(=O)N1CCCOC(C)C1. The Bertz CT molecular complexity index is 319. The molecule has 6 heteroatoms. The molecule has 0 saturated carbocycles. The van der Waals surface area contributed by atoms with Gasteiger partial charge < -0.3 is 10.1 Å². The van der Waals surface area contributed by atoms with E-state index in [0.29, 0.717) is 19.7 Å². The number of nitrogens with zero attached hydrogens (tertiary/aromatic N) is 1. The normalized spacial score (nSPS) is 22.9. The van der Waals surface area contributed by atoms with Crippen LogP contribution in [0.3, 0.4) is 0 Å². The van der Waals surface area contributed by atoms with E-state index in [1.54, 1.807) is 4.31 Å². The van der Waals surface area contributed by atoms with Gasteiger partial charge in [0.2, 0.25) is 10.0 Å². The Morgan fingerprint density at radius 1 is 1.39 bits per heavy atom. The number of unbranched alkanes of at least 4 members (excludes halogenated alkanes) is 1. The van der Waals surface area contributed by atoms with Crippen molar-refractivity contribution in [1.29, 1.82) is 0 Å². The lowest BCUT2D eigenvalue weighted by Gasteiger charge is -2.21. The van der Waals surface area contributed by atoms with Crippen LogP contribution in [0, 0.1) is 0 Å². The highest BCUT2D eigenvalue weighted by atomic mass is 32.2. The molecule has 0 spiro atoms. The molecule has 108 valence electrons. The molecule has 0 bridgehead atoms. The molecule has 0 aliphatic carbocycles. The summed E-state index contributed by atoms with van der Waals surface area (Å²) >= 11 is 0. The Morgan fingerprint density at radius 2 is 2.17 bits per heavy atom. The van der Waals surface area contributed by atoms with E-state index in [2.05, 4.69) is 12.2 Å². The Balaban J connectivity index is 2.36. The van der Waals surface area contributed by atoms with Gasteiger partial charge in [-0.2, -0.15) is 4.31 Å². The van der Waals surface area contributed by atoms with Gasteiger partial charge in [-0.05, 0) is 39.3 Å². The average Bonchev–Trinajstić information content (AvgIpc) is 2.54. The minimum Gasteiger partial charge on any atom is -0.377 e. The fourth-order valence-corrected chi connectivity index (χ4v) is 3.72. The second-order valence-corrected chi connectivity index (χ2v) is 6.86. The van der Waals surface area contributed by atoms with E-state index >= 15 is 0 Å². The van der Waals surface area contributed by atoms with E-state index in [4.69, 9.17) is 4.74 Å². The minimum atomic E-state index is -3.10. The lowest BCUT2D eigenvalue weighted by Crippen LogP contribution is -2.37. The number of hydrogen-bond acceptors (Lipinski definition) is 4. The summed E-state index contributed by atoms with van der Waals surface area (Å²) in [6.07, 6.45) is 2.43. The highest BCUT2D eigenvalue weighted by molar-refractivity contribution is 7.89. The van der Waals surface area contributed by atoms with Gasteiger partial charge in [-0.15, -0.1) is 0 Å². The fourth-order valence-electron chi connectivity index (χ4n) is 2.05. The van der Waals surface area contributed by atoms with Crippen LogP contribution in [0.15, 0.2) is 0 Å². The third-order valence-electron chi connectivity index (χ3n) is 3.06. The molecular weight excluding hydrogens is 252 g/mol. The van der Waals surface area contributed by atoms with Gasteiger partial charge in [0.1, 0.15) is 0 Å². The monoisotopic (exact) mass is 278 g/mol. The van der Waals surface area contributed by atoms with Crippen molar-refractivity contribution in [3.05, 3.63) is 0 Å². The lowest BCUT2D eigenvalue weighted by atomic mass is 10.3. The molecule has 18 heavy (non-hydrogen) atoms. The average molecular weight is 278 g/mol. The van der Waals surface area contributed by atoms with Crippen molar-refractivity contribution >= 4 is 10.0 Å². The van der Waals surface area contributed by atoms with Crippen LogP contribution < -0.4 is 5.32 Å². The molecule has 1 aliphatic rings. The van der Waals surface area contributed by atoms with Crippen molar-refractivity contribution in [1.82, 2.24) is 9.62 Å². The predicted octanol–water partition coefficient (Wildman–Crippen LogP) is 0.817. The smallest absolute Gasteiger partial charge is 0.214 e. The summed E-state index contributed by atoms with van der Waals surface area (Å²) in [7, 11) is -3.10. The number of rotatable bonds is 7. The van der Waals surface area contributed by atoms with Crippen LogP contribution in [0.5, 0.6) is 0 Å². The van der Waals surface area contributed by atoms with E-state index in [1.165, 1.54) is 0 Å². The van der Waals surface area contributed by atoms with Gasteiger partial charge in [-0.3, -0.25) is 0 Å². The first-order chi connectivity index (χ1) is 8.56. The lowest BCUT2D eigenvalue weighted by molar-refractivity contribution is 0.0752. The van der Waals surface area contributed by atoms with Gasteiger partial charge in [0.05, 0.1) is 11.9 Å². The molecule has 0 radical (unpaired) electrons. The summed E-state index contributed by atoms with van der Waals surface area (Å²) in [6, 6.07) is 0. The van der Waals surface area contributed by atoms with Crippen molar-refractivity contribution < 1.29 is 13.2 Å². The van der Waals surface area contributed by atoms with Gasteiger partial charge in [0.15, 0.2) is 0 Å². The molecule has 1 rings (SSSR count). The molecule has 1 atom stereocenters. The molecule has 1 heterocycles. The van der Waals surface area contributed by atoms with E-state index in [-0.39, 0.29) is 11.9 Å². The number of ether oxygens (including phenoxy) is 1. The van der Waals surface area contributed by atoms with E-state index in [9.17, 15) is 8.42 Å². The number of sulfonamides is 1. The topological polar surface area (TPSA) is 58.6 Å². The van der Waals surface area contributed by atoms with E-state index < -0.39 is 10.0 Å². The highest BCUT2D eigenvalue weighted by Crippen LogP contribution is 2.12. The summed E-state index contributed by atoms with van der Waals surface area (Å²) < 4.78 is 31.4. The molecule has 1 saturated heterocycles. The first-order valence-corrected chi connectivity index (χ1v) is 8.47. The van der Waals surface area contributed by atoms with Crippen LogP contribution in [0.1, 0.15) is 33.1 Å². The van der Waals surface area contributed by atoms with Crippen molar-refractivity contribution in [3.8, 4) is 0 Å². The van der Waals surface area contributed by atoms with Crippen LogP contribution in [-0.2, 0) is 14.8 Å². The van der Waals surface area contributed by atoms with Crippen molar-refractivity contribution in [2.75, 3.05) is 38.5 Å². The third kappa shape index (κ3) is 5.65. The zero-order chi connectivity index (χ0) is 13.4. The number of hydrogen-bond donors (Lipinski definition) is 1. The van der Waals surface area contributed by atoms with Crippen molar-refractivity contribution in [2.24, 2.45) is 0 Å². The van der Waals surface area contributed by atoms with Crippen LogP contribution in [0.25, 0.3) is 0 Å². The minimum absolute atomic E-state index is 0.00373. The van der Waals surface area contributed by atoms with Crippen molar-refractivity contribution in [3.63, 3.8) is 0 Å². The molecule has 1 N–H and O–H groups in total. The molecule has 1 aliphatic heterocycles. The molecule has 0 aromatic rings. The Labute approximate surface area is 111 Å². The van der Waals surface area contributed by atoms with Gasteiger partial charge in [-0.25, -0.2) is 8.42 Å². The second kappa shape index (κ2) is 8.09. The summed E-state index contributed by atoms with van der Waals surface area (Å²) in [5, 5.41) is 3.20. The maximum atomic E-state index is 12.2. The summed E-state index contributed by atoms with van der Waals surface area (Å²) in [5.41, 5.74) is 0. The van der Waals surface area contributed by atoms with Gasteiger partial charge >= 0.3 is 0 Å². The molecule has 0 aromatic carbocycles. The van der Waals surface area contributed by atoms with Crippen LogP contribution >= 0.6 is 0 Å². The first kappa shape index (κ1) is 15.9. The standard InChI is InChI=1S/C12H26N2O3S/c1-3-13-7-4-5-10-18(15,16)14-8-6-9-17-12(2)11-14/h12-13H,3-11H2,1-2H3. The summed E-state index contributed by atoms with van der Waals surface area (Å²) in [5.74, 6) is 0.255. The van der Waals surface area contributed by atoms with Crippen LogP contribution in [0.4, 0.5) is 0 Å². The second-order valence-electron chi connectivity index (χ2n) is 4.77. The molecule has 1 fully saturated rings. The zero-order valence-electron chi connectivity index (χ0n) is 11.5. The maximum Gasteiger partial charge on any atom is 0.214 e. The van der Waals surface area contributed by atoms with Gasteiger partial charge in [0.25, 0.3) is 0 Å². The van der Waals surface area contributed by atoms with E-state index in [1.807, 2.05) is 6.92 Å². The summed E-state index contributed by atoms with van der Waals surface area (Å²) in [6.45, 7) is 7.57. The molecular formula is C12H26N2O3S. The molecule has 0 amide bonds. The quantitative estimate of drug-likeness (QED) is 0.700. The molecule has 5 nitrogen and oxygen atoms in total. The first-order valence-electron chi connectivity index (χ1n) is 6.86. The number of nitrogens with one attached hydrogen (secondary N) is 1. The van der Waals surface area contributed by atoms with E-state index in [0.717, 1.165) is 32.4 Å². The Hall–Kier alpha value is -0.170. The Morgan fingerprint density at radius 3 is 2.89 bits per heavy atom. The zero-order valence-corrected chi connectivity index (χ0v) is 12.3. The maximum absolute atomic E-state index is 12.2. The largest absolute Gasteiger partial charge is 0.377 e. The highest BCUT2D eigenvalue weighted by Gasteiger charge is 2.25. The summed E-state index contributed by atoms with van der Waals surface area (Å²) in [4.78, 5) is 0. The van der Waals surface area contributed by atoms with Gasteiger partial charge in [0, 0.05) is 19.7 Å². The predicted molar refractivity (Wildman–Crippen MR) is 73.2 cm³/mol. The van der Waals surface area contributed by atoms with Gasteiger partial charge in [-0.1, -0.05) is 6.92 Å². The third-order valence-corrected chi connectivity index (χ3v) is 4.99.